The van der Waals surface area contributed by atoms with Crippen molar-refractivity contribution in [3.05, 3.63) is 231 Å². The Morgan fingerprint density at radius 1 is 0.242 bits per heavy atom. The van der Waals surface area contributed by atoms with Gasteiger partial charge in [0.25, 0.3) is 0 Å². The van der Waals surface area contributed by atoms with Gasteiger partial charge in [-0.15, -0.1) is 0 Å². The Morgan fingerprint density at radius 3 is 1.40 bits per heavy atom. The maximum atomic E-state index is 5.07. The average Bonchev–Trinajstić information content (AvgIpc) is 3.87. The second-order valence-electron chi connectivity index (χ2n) is 15.8. The summed E-state index contributed by atoms with van der Waals surface area (Å²) in [6.07, 6.45) is 0. The molecule has 0 aliphatic heterocycles. The molecule has 12 aromatic rings. The number of para-hydroxylation sites is 3. The van der Waals surface area contributed by atoms with Crippen molar-refractivity contribution in [3.63, 3.8) is 0 Å². The Morgan fingerprint density at radius 2 is 0.694 bits per heavy atom. The van der Waals surface area contributed by atoms with E-state index < -0.39 is 0 Å². The molecule has 0 spiro atoms. The molecule has 4 heteroatoms. The molecule has 4 nitrogen and oxygen atoms in total. The van der Waals surface area contributed by atoms with Crippen molar-refractivity contribution in [1.29, 1.82) is 0 Å². The molecule has 290 valence electrons. The Balaban J connectivity index is 0.939. The molecule has 0 N–H and O–H groups in total. The predicted molar refractivity (Wildman–Crippen MR) is 258 cm³/mol. The highest BCUT2D eigenvalue weighted by Crippen LogP contribution is 2.39. The van der Waals surface area contributed by atoms with Gasteiger partial charge in [0, 0.05) is 49.6 Å². The van der Waals surface area contributed by atoms with E-state index in [9.17, 15) is 0 Å². The van der Waals surface area contributed by atoms with Crippen molar-refractivity contribution in [1.82, 2.24) is 19.1 Å². The smallest absolute Gasteiger partial charge is 0.160 e. The van der Waals surface area contributed by atoms with Gasteiger partial charge in [-0.05, 0) is 82.9 Å². The Bertz CT molecular complexity index is 3550. The van der Waals surface area contributed by atoms with Crippen LogP contribution in [-0.2, 0) is 0 Å². The summed E-state index contributed by atoms with van der Waals surface area (Å²) in [6, 6.07) is 82.2. The zero-order valence-electron chi connectivity index (χ0n) is 33.7. The molecule has 0 radical (unpaired) electrons. The van der Waals surface area contributed by atoms with E-state index in [4.69, 9.17) is 9.97 Å². The molecule has 0 aliphatic rings. The lowest BCUT2D eigenvalue weighted by atomic mass is 10.0. The molecule has 3 heterocycles. The van der Waals surface area contributed by atoms with Crippen LogP contribution in [0.2, 0.25) is 0 Å². The van der Waals surface area contributed by atoms with E-state index >= 15 is 0 Å². The Hall–Kier alpha value is -8.34. The lowest BCUT2D eigenvalue weighted by Crippen LogP contribution is -1.96. The average molecular weight is 791 g/mol. The van der Waals surface area contributed by atoms with Gasteiger partial charge in [-0.1, -0.05) is 170 Å². The summed E-state index contributed by atoms with van der Waals surface area (Å²) in [5, 5.41) is 4.95. The Labute approximate surface area is 359 Å². The summed E-state index contributed by atoms with van der Waals surface area (Å²) in [5.74, 6) is 0.713. The van der Waals surface area contributed by atoms with Crippen LogP contribution in [0.3, 0.4) is 0 Å². The van der Waals surface area contributed by atoms with E-state index in [1.54, 1.807) is 0 Å². The van der Waals surface area contributed by atoms with Crippen LogP contribution in [0.4, 0.5) is 0 Å². The molecule has 0 bridgehead atoms. The first kappa shape index (κ1) is 35.6. The quantitative estimate of drug-likeness (QED) is 0.161. The van der Waals surface area contributed by atoms with Crippen molar-refractivity contribution in [2.75, 3.05) is 0 Å². The SMILES string of the molecule is c1ccc(-c2cc(-c3ccc(-c4ccc5c6ccccc6n(-c6cccc(-c7ccc8c(c7)c7ccccc7n8-c7ccccc7)c6)c5c4)cc3)nc(-c3ccccc3)n2)cc1. The second kappa shape index (κ2) is 14.7. The summed E-state index contributed by atoms with van der Waals surface area (Å²) in [5.41, 5.74) is 16.6. The first-order chi connectivity index (χ1) is 30.7. The molecule has 12 rings (SSSR count). The Kier molecular flexibility index (Phi) is 8.46. The highest BCUT2D eigenvalue weighted by molar-refractivity contribution is 6.11. The van der Waals surface area contributed by atoms with Gasteiger partial charge in [0.15, 0.2) is 5.82 Å². The lowest BCUT2D eigenvalue weighted by Gasteiger charge is -2.12. The summed E-state index contributed by atoms with van der Waals surface area (Å²) in [4.78, 5) is 10.1. The van der Waals surface area contributed by atoms with E-state index in [1.807, 2.05) is 36.4 Å². The van der Waals surface area contributed by atoms with Crippen LogP contribution in [-0.4, -0.2) is 19.1 Å². The molecule has 0 saturated heterocycles. The molecule has 9 aromatic carbocycles. The number of nitrogens with zero attached hydrogens (tertiary/aromatic N) is 4. The summed E-state index contributed by atoms with van der Waals surface area (Å²) in [6.45, 7) is 0. The van der Waals surface area contributed by atoms with E-state index in [2.05, 4.69) is 203 Å². The fraction of sp³-hybridized carbons (Fsp3) is 0. The molecular weight excluding hydrogens is 753 g/mol. The van der Waals surface area contributed by atoms with Gasteiger partial charge in [-0.2, -0.15) is 0 Å². The number of hydrogen-bond acceptors (Lipinski definition) is 2. The maximum absolute atomic E-state index is 5.07. The zero-order valence-corrected chi connectivity index (χ0v) is 33.7. The van der Waals surface area contributed by atoms with Crippen LogP contribution in [0, 0.1) is 0 Å². The minimum Gasteiger partial charge on any atom is -0.309 e. The molecule has 0 saturated carbocycles. The largest absolute Gasteiger partial charge is 0.309 e. The third kappa shape index (κ3) is 6.08. The van der Waals surface area contributed by atoms with Gasteiger partial charge in [0.05, 0.1) is 33.5 Å². The highest BCUT2D eigenvalue weighted by Gasteiger charge is 2.17. The van der Waals surface area contributed by atoms with Gasteiger partial charge >= 0.3 is 0 Å². The molecule has 0 unspecified atom stereocenters. The molecular formula is C58H38N4. The number of aromatic nitrogens is 4. The molecule has 0 aliphatic carbocycles. The molecule has 0 fully saturated rings. The second-order valence-corrected chi connectivity index (χ2v) is 15.8. The first-order valence-electron chi connectivity index (χ1n) is 21.1. The fourth-order valence-electron chi connectivity index (χ4n) is 9.16. The first-order valence-corrected chi connectivity index (χ1v) is 21.1. The van der Waals surface area contributed by atoms with Crippen LogP contribution in [0.5, 0.6) is 0 Å². The van der Waals surface area contributed by atoms with Crippen molar-refractivity contribution in [2.24, 2.45) is 0 Å². The fourth-order valence-corrected chi connectivity index (χ4v) is 9.16. The van der Waals surface area contributed by atoms with Crippen LogP contribution < -0.4 is 0 Å². The van der Waals surface area contributed by atoms with E-state index in [0.717, 1.165) is 50.6 Å². The standard InChI is InChI=1S/C58H38N4/c1-4-15-40(16-5-1)52-38-53(60-58(59-52)42-17-6-2-7-18-42)41-29-27-39(28-30-41)45-31-33-50-48-23-10-12-25-54(48)62(57(50)37-45)47-22-14-19-43(35-47)44-32-34-56-51(36-44)49-24-11-13-26-55(49)61(56)46-20-8-3-9-21-46/h1-38H. The van der Waals surface area contributed by atoms with Crippen LogP contribution in [0.25, 0.3) is 111 Å². The van der Waals surface area contributed by atoms with Gasteiger partial charge in [-0.25, -0.2) is 9.97 Å². The van der Waals surface area contributed by atoms with E-state index in [1.165, 1.54) is 54.7 Å². The highest BCUT2D eigenvalue weighted by atomic mass is 15.0. The van der Waals surface area contributed by atoms with Crippen LogP contribution >= 0.6 is 0 Å². The molecule has 0 atom stereocenters. The molecule has 3 aromatic heterocycles. The van der Waals surface area contributed by atoms with E-state index in [0.29, 0.717) is 5.82 Å². The van der Waals surface area contributed by atoms with Crippen molar-refractivity contribution in [3.8, 4) is 67.5 Å². The van der Waals surface area contributed by atoms with Gasteiger partial charge < -0.3 is 9.13 Å². The predicted octanol–water partition coefficient (Wildman–Crippen LogP) is 15.0. The summed E-state index contributed by atoms with van der Waals surface area (Å²) in [7, 11) is 0. The zero-order chi connectivity index (χ0) is 41.0. The van der Waals surface area contributed by atoms with Crippen molar-refractivity contribution in [2.45, 2.75) is 0 Å². The third-order valence-electron chi connectivity index (χ3n) is 12.1. The third-order valence-corrected chi connectivity index (χ3v) is 12.1. The van der Waals surface area contributed by atoms with Crippen molar-refractivity contribution < 1.29 is 0 Å². The number of benzene rings is 9. The van der Waals surface area contributed by atoms with Crippen molar-refractivity contribution >= 4 is 43.6 Å². The van der Waals surface area contributed by atoms with Gasteiger partial charge in [0.2, 0.25) is 0 Å². The maximum Gasteiger partial charge on any atom is 0.160 e. The minimum absolute atomic E-state index is 0.713. The number of fused-ring (bicyclic) bond motifs is 6. The van der Waals surface area contributed by atoms with Gasteiger partial charge in [0.1, 0.15) is 0 Å². The van der Waals surface area contributed by atoms with Gasteiger partial charge in [-0.3, -0.25) is 0 Å². The lowest BCUT2D eigenvalue weighted by molar-refractivity contribution is 1.18. The van der Waals surface area contributed by atoms with Crippen LogP contribution in [0.15, 0.2) is 231 Å². The normalized spacial score (nSPS) is 11.5. The molecule has 0 amide bonds. The van der Waals surface area contributed by atoms with E-state index in [-0.39, 0.29) is 0 Å². The summed E-state index contributed by atoms with van der Waals surface area (Å²) < 4.78 is 4.79. The van der Waals surface area contributed by atoms with Crippen LogP contribution in [0.1, 0.15) is 0 Å². The molecule has 62 heavy (non-hydrogen) atoms. The summed E-state index contributed by atoms with van der Waals surface area (Å²) >= 11 is 0. The monoisotopic (exact) mass is 790 g/mol. The topological polar surface area (TPSA) is 35.6 Å². The number of hydrogen-bond donors (Lipinski definition) is 0. The number of rotatable bonds is 7. The minimum atomic E-state index is 0.713.